The maximum atomic E-state index is 12.1. The number of imidazole rings is 1. The molecule has 2 aromatic heterocycles. The van der Waals surface area contributed by atoms with Gasteiger partial charge >= 0.3 is 0 Å². The molecule has 6 heteroatoms. The van der Waals surface area contributed by atoms with Crippen molar-refractivity contribution in [3.05, 3.63) is 22.6 Å². The van der Waals surface area contributed by atoms with Crippen molar-refractivity contribution in [3.63, 3.8) is 0 Å². The van der Waals surface area contributed by atoms with Gasteiger partial charge in [0.2, 0.25) is 5.91 Å². The number of nitrogens with zero attached hydrogens (tertiary/aromatic N) is 2. The molecule has 1 amide bonds. The lowest BCUT2D eigenvalue weighted by molar-refractivity contribution is -0.124. The quantitative estimate of drug-likeness (QED) is 0.848. The van der Waals surface area contributed by atoms with Crippen molar-refractivity contribution in [1.29, 1.82) is 0 Å². The van der Waals surface area contributed by atoms with Gasteiger partial charge in [-0.2, -0.15) is 0 Å². The Hall–Kier alpha value is -1.69. The average molecular weight is 278 g/mol. The van der Waals surface area contributed by atoms with Crippen molar-refractivity contribution in [2.75, 3.05) is 0 Å². The summed E-state index contributed by atoms with van der Waals surface area (Å²) in [5, 5.41) is 2.89. The predicted molar refractivity (Wildman–Crippen MR) is 77.6 cm³/mol. The Morgan fingerprint density at radius 2 is 2.16 bits per heavy atom. The predicted octanol–water partition coefficient (Wildman–Crippen LogP) is 2.49. The van der Waals surface area contributed by atoms with Crippen LogP contribution in [-0.4, -0.2) is 26.5 Å². The maximum Gasteiger partial charge on any atom is 0.243 e. The van der Waals surface area contributed by atoms with E-state index < -0.39 is 6.04 Å². The van der Waals surface area contributed by atoms with Gasteiger partial charge in [-0.05, 0) is 51.5 Å². The van der Waals surface area contributed by atoms with Crippen LogP contribution in [0.15, 0.2) is 12.3 Å². The van der Waals surface area contributed by atoms with E-state index in [0.29, 0.717) is 4.77 Å². The number of aromatic nitrogens is 3. The van der Waals surface area contributed by atoms with Gasteiger partial charge in [0.05, 0.1) is 5.52 Å². The molecule has 102 valence electrons. The number of pyridine rings is 1. The number of carbonyl (C=O) groups excluding carboxylic acids is 1. The number of fused-ring (bicyclic) bond motifs is 1. The lowest BCUT2D eigenvalue weighted by Crippen LogP contribution is -2.35. The second-order valence-electron chi connectivity index (χ2n) is 4.97. The van der Waals surface area contributed by atoms with E-state index in [0.717, 1.165) is 16.7 Å². The Balaban J connectivity index is 2.51. The molecule has 0 spiro atoms. The molecular formula is C13H18N4OS. The van der Waals surface area contributed by atoms with Crippen LogP contribution < -0.4 is 5.32 Å². The van der Waals surface area contributed by atoms with Crippen LogP contribution in [0.3, 0.4) is 0 Å². The molecule has 0 aliphatic heterocycles. The SMILES string of the molecule is Cc1ccnc2c1[nH]c(=S)n2C(C)C(=O)NC(C)C. The number of amides is 1. The highest BCUT2D eigenvalue weighted by Gasteiger charge is 2.20. The van der Waals surface area contributed by atoms with Gasteiger partial charge in [-0.3, -0.25) is 9.36 Å². The number of hydrogen-bond donors (Lipinski definition) is 2. The van der Waals surface area contributed by atoms with Gasteiger partial charge in [-0.25, -0.2) is 4.98 Å². The Morgan fingerprint density at radius 1 is 1.47 bits per heavy atom. The second kappa shape index (κ2) is 5.13. The smallest absolute Gasteiger partial charge is 0.243 e. The van der Waals surface area contributed by atoms with Gasteiger partial charge < -0.3 is 10.3 Å². The van der Waals surface area contributed by atoms with Crippen LogP contribution >= 0.6 is 12.2 Å². The summed E-state index contributed by atoms with van der Waals surface area (Å²) in [5.41, 5.74) is 2.67. The van der Waals surface area contributed by atoms with Crippen LogP contribution in [0.25, 0.3) is 11.2 Å². The van der Waals surface area contributed by atoms with Crippen LogP contribution in [0.1, 0.15) is 32.4 Å². The summed E-state index contributed by atoms with van der Waals surface area (Å²) in [5.74, 6) is -0.0599. The van der Waals surface area contributed by atoms with Gasteiger partial charge in [0.15, 0.2) is 10.4 Å². The normalized spacial score (nSPS) is 12.9. The number of H-pyrrole nitrogens is 1. The van der Waals surface area contributed by atoms with Crippen LogP contribution in [0.2, 0.25) is 0 Å². The van der Waals surface area contributed by atoms with Gasteiger partial charge in [-0.1, -0.05) is 0 Å². The monoisotopic (exact) mass is 278 g/mol. The Labute approximate surface area is 117 Å². The van der Waals surface area contributed by atoms with Crippen molar-refractivity contribution in [2.24, 2.45) is 0 Å². The van der Waals surface area contributed by atoms with Gasteiger partial charge in [0.1, 0.15) is 6.04 Å². The van der Waals surface area contributed by atoms with E-state index >= 15 is 0 Å². The fourth-order valence-electron chi connectivity index (χ4n) is 2.03. The lowest BCUT2D eigenvalue weighted by atomic mass is 10.2. The topological polar surface area (TPSA) is 62.7 Å². The molecule has 2 rings (SSSR count). The van der Waals surface area contributed by atoms with Gasteiger partial charge in [0, 0.05) is 12.2 Å². The molecule has 2 aromatic rings. The second-order valence-corrected chi connectivity index (χ2v) is 5.35. The first kappa shape index (κ1) is 13.7. The molecule has 0 aliphatic rings. The minimum absolute atomic E-state index is 0.0599. The number of carbonyl (C=O) groups is 1. The molecule has 0 fully saturated rings. The Morgan fingerprint density at radius 3 is 2.79 bits per heavy atom. The fraction of sp³-hybridized carbons (Fsp3) is 0.462. The number of aryl methyl sites for hydroxylation is 1. The maximum absolute atomic E-state index is 12.1. The summed E-state index contributed by atoms with van der Waals surface area (Å²) < 4.78 is 2.28. The van der Waals surface area contributed by atoms with Crippen LogP contribution in [0, 0.1) is 11.7 Å². The van der Waals surface area contributed by atoms with E-state index in [4.69, 9.17) is 12.2 Å². The Bertz CT molecular complexity index is 671. The summed E-state index contributed by atoms with van der Waals surface area (Å²) in [6.45, 7) is 7.67. The minimum Gasteiger partial charge on any atom is -0.352 e. The zero-order valence-corrected chi connectivity index (χ0v) is 12.3. The number of aromatic amines is 1. The number of hydrogen-bond acceptors (Lipinski definition) is 3. The van der Waals surface area contributed by atoms with Gasteiger partial charge in [0.25, 0.3) is 0 Å². The van der Waals surface area contributed by atoms with E-state index in [-0.39, 0.29) is 11.9 Å². The van der Waals surface area contributed by atoms with E-state index in [1.54, 1.807) is 10.8 Å². The van der Waals surface area contributed by atoms with Crippen LogP contribution in [-0.2, 0) is 4.79 Å². The minimum atomic E-state index is -0.391. The third-order valence-electron chi connectivity index (χ3n) is 3.02. The molecule has 0 aromatic carbocycles. The molecule has 0 aliphatic carbocycles. The highest BCUT2D eigenvalue weighted by Crippen LogP contribution is 2.19. The zero-order chi connectivity index (χ0) is 14.2. The summed E-state index contributed by atoms with van der Waals surface area (Å²) in [6, 6.07) is 1.62. The highest BCUT2D eigenvalue weighted by atomic mass is 32.1. The standard InChI is InChI=1S/C13H18N4OS/c1-7(2)15-12(18)9(4)17-11-10(16-13(17)19)8(3)5-6-14-11/h5-7,9H,1-4H3,(H,15,18)(H,16,19). The first-order valence-corrected chi connectivity index (χ1v) is 6.69. The summed E-state index contributed by atoms with van der Waals surface area (Å²) in [4.78, 5) is 19.6. The zero-order valence-electron chi connectivity index (χ0n) is 11.5. The molecule has 1 unspecified atom stereocenters. The van der Waals surface area contributed by atoms with Crippen LogP contribution in [0.5, 0.6) is 0 Å². The Kier molecular flexibility index (Phi) is 3.71. The average Bonchev–Trinajstić information content (AvgIpc) is 2.65. The van der Waals surface area contributed by atoms with Crippen molar-refractivity contribution >= 4 is 29.3 Å². The van der Waals surface area contributed by atoms with E-state index in [1.807, 2.05) is 33.8 Å². The van der Waals surface area contributed by atoms with Crippen molar-refractivity contribution < 1.29 is 4.79 Å². The van der Waals surface area contributed by atoms with Crippen molar-refractivity contribution in [1.82, 2.24) is 19.9 Å². The third-order valence-corrected chi connectivity index (χ3v) is 3.31. The molecule has 19 heavy (non-hydrogen) atoms. The van der Waals surface area contributed by atoms with E-state index in [2.05, 4.69) is 15.3 Å². The molecule has 0 bridgehead atoms. The largest absolute Gasteiger partial charge is 0.352 e. The summed E-state index contributed by atoms with van der Waals surface area (Å²) in [7, 11) is 0. The van der Waals surface area contributed by atoms with E-state index in [9.17, 15) is 4.79 Å². The molecule has 5 nitrogen and oxygen atoms in total. The van der Waals surface area contributed by atoms with Crippen molar-refractivity contribution in [2.45, 2.75) is 39.8 Å². The molecule has 0 radical (unpaired) electrons. The molecule has 0 saturated carbocycles. The lowest BCUT2D eigenvalue weighted by Gasteiger charge is -2.16. The molecule has 2 N–H and O–H groups in total. The molecular weight excluding hydrogens is 260 g/mol. The highest BCUT2D eigenvalue weighted by molar-refractivity contribution is 7.71. The first-order valence-electron chi connectivity index (χ1n) is 6.28. The van der Waals surface area contributed by atoms with Crippen LogP contribution in [0.4, 0.5) is 0 Å². The fourth-order valence-corrected chi connectivity index (χ4v) is 2.37. The molecule has 0 saturated heterocycles. The van der Waals surface area contributed by atoms with E-state index in [1.165, 1.54) is 0 Å². The summed E-state index contributed by atoms with van der Waals surface area (Å²) >= 11 is 5.31. The molecule has 1 atom stereocenters. The number of rotatable bonds is 3. The first-order chi connectivity index (χ1) is 8.91. The molecule has 2 heterocycles. The number of nitrogens with one attached hydrogen (secondary N) is 2. The van der Waals surface area contributed by atoms with Crippen molar-refractivity contribution in [3.8, 4) is 0 Å². The third kappa shape index (κ3) is 2.53. The van der Waals surface area contributed by atoms with Gasteiger partial charge in [-0.15, -0.1) is 0 Å². The summed E-state index contributed by atoms with van der Waals surface area (Å²) in [6.07, 6.45) is 1.73.